The van der Waals surface area contributed by atoms with Gasteiger partial charge in [0.2, 0.25) is 0 Å². The normalized spacial score (nSPS) is 12.0. The number of nitrogens with two attached hydrogens (primary N) is 1. The van der Waals surface area contributed by atoms with Crippen molar-refractivity contribution in [1.29, 1.82) is 0 Å². The molecule has 0 saturated carbocycles. The molecule has 0 heterocycles. The predicted molar refractivity (Wildman–Crippen MR) is 76.5 cm³/mol. The maximum absolute atomic E-state index is 13.2. The lowest BCUT2D eigenvalue weighted by atomic mass is 9.99. The van der Waals surface area contributed by atoms with Crippen molar-refractivity contribution in [1.82, 2.24) is 0 Å². The summed E-state index contributed by atoms with van der Waals surface area (Å²) in [7, 11) is 3.10. The van der Waals surface area contributed by atoms with Crippen molar-refractivity contribution in [2.24, 2.45) is 5.73 Å². The van der Waals surface area contributed by atoms with Gasteiger partial charge in [0, 0.05) is 18.2 Å². The number of halogens is 2. The molecule has 5 heteroatoms. The van der Waals surface area contributed by atoms with E-state index >= 15 is 0 Å². The molecule has 112 valence electrons. The Kier molecular flexibility index (Phi) is 4.75. The summed E-state index contributed by atoms with van der Waals surface area (Å²) in [5.74, 6) is 0.0105. The highest BCUT2D eigenvalue weighted by atomic mass is 19.1. The first-order valence-corrected chi connectivity index (χ1v) is 6.45. The standard InChI is InChI=1S/C16H17F2NO2/c1-20-14-6-11(7-15(9-14)21-2)16(19)5-10-3-12(17)8-13(18)4-10/h3-4,6-9,16H,5,19H2,1-2H3. The van der Waals surface area contributed by atoms with Gasteiger partial charge in [-0.3, -0.25) is 0 Å². The van der Waals surface area contributed by atoms with E-state index < -0.39 is 17.7 Å². The Morgan fingerprint density at radius 1 is 0.905 bits per heavy atom. The SMILES string of the molecule is COc1cc(OC)cc(C(N)Cc2cc(F)cc(F)c2)c1. The van der Waals surface area contributed by atoms with E-state index in [4.69, 9.17) is 15.2 Å². The van der Waals surface area contributed by atoms with Crippen molar-refractivity contribution in [2.75, 3.05) is 14.2 Å². The van der Waals surface area contributed by atoms with Gasteiger partial charge in [0.15, 0.2) is 0 Å². The Bertz CT molecular complexity index is 589. The molecule has 2 rings (SSSR count). The quantitative estimate of drug-likeness (QED) is 0.920. The van der Waals surface area contributed by atoms with Gasteiger partial charge < -0.3 is 15.2 Å². The lowest BCUT2D eigenvalue weighted by molar-refractivity contribution is 0.392. The molecular formula is C16H17F2NO2. The number of rotatable bonds is 5. The summed E-state index contributed by atoms with van der Waals surface area (Å²) < 4.78 is 36.8. The highest BCUT2D eigenvalue weighted by Crippen LogP contribution is 2.27. The third-order valence-corrected chi connectivity index (χ3v) is 3.18. The van der Waals surface area contributed by atoms with Crippen molar-refractivity contribution in [3.05, 3.63) is 59.2 Å². The van der Waals surface area contributed by atoms with Crippen molar-refractivity contribution < 1.29 is 18.3 Å². The first-order valence-electron chi connectivity index (χ1n) is 6.45. The maximum Gasteiger partial charge on any atom is 0.126 e. The van der Waals surface area contributed by atoms with Gasteiger partial charge in [-0.1, -0.05) is 0 Å². The van der Waals surface area contributed by atoms with Crippen molar-refractivity contribution in [3.8, 4) is 11.5 Å². The highest BCUT2D eigenvalue weighted by Gasteiger charge is 2.12. The van der Waals surface area contributed by atoms with Crippen LogP contribution in [-0.4, -0.2) is 14.2 Å². The second-order valence-electron chi connectivity index (χ2n) is 4.73. The van der Waals surface area contributed by atoms with Crippen LogP contribution >= 0.6 is 0 Å². The lowest BCUT2D eigenvalue weighted by Gasteiger charge is -2.15. The molecule has 21 heavy (non-hydrogen) atoms. The molecule has 1 unspecified atom stereocenters. The largest absolute Gasteiger partial charge is 0.497 e. The zero-order chi connectivity index (χ0) is 15.4. The van der Waals surface area contributed by atoms with E-state index in [1.165, 1.54) is 12.1 Å². The van der Waals surface area contributed by atoms with E-state index in [1.54, 1.807) is 32.4 Å². The van der Waals surface area contributed by atoms with Gasteiger partial charge in [0.05, 0.1) is 14.2 Å². The van der Waals surface area contributed by atoms with Gasteiger partial charge in [-0.05, 0) is 41.8 Å². The van der Waals surface area contributed by atoms with Crippen LogP contribution in [0.25, 0.3) is 0 Å². The van der Waals surface area contributed by atoms with Crippen LogP contribution in [0.2, 0.25) is 0 Å². The number of hydrogen-bond donors (Lipinski definition) is 1. The zero-order valence-corrected chi connectivity index (χ0v) is 11.9. The molecule has 0 amide bonds. The van der Waals surface area contributed by atoms with Crippen molar-refractivity contribution >= 4 is 0 Å². The molecule has 0 aliphatic heterocycles. The Morgan fingerprint density at radius 2 is 1.43 bits per heavy atom. The summed E-state index contributed by atoms with van der Waals surface area (Å²) in [6.45, 7) is 0. The van der Waals surface area contributed by atoms with Gasteiger partial charge in [-0.2, -0.15) is 0 Å². The van der Waals surface area contributed by atoms with E-state index in [9.17, 15) is 8.78 Å². The highest BCUT2D eigenvalue weighted by molar-refractivity contribution is 5.40. The third-order valence-electron chi connectivity index (χ3n) is 3.18. The third kappa shape index (κ3) is 3.92. The van der Waals surface area contributed by atoms with Crippen LogP contribution in [0.3, 0.4) is 0 Å². The molecule has 3 nitrogen and oxygen atoms in total. The second-order valence-corrected chi connectivity index (χ2v) is 4.73. The Hall–Kier alpha value is -2.14. The fraction of sp³-hybridized carbons (Fsp3) is 0.250. The van der Waals surface area contributed by atoms with E-state index in [2.05, 4.69) is 0 Å². The molecule has 0 bridgehead atoms. The fourth-order valence-electron chi connectivity index (χ4n) is 2.14. The van der Waals surface area contributed by atoms with E-state index in [-0.39, 0.29) is 0 Å². The Balaban J connectivity index is 2.25. The molecule has 0 aliphatic carbocycles. The Morgan fingerprint density at radius 3 is 1.90 bits per heavy atom. The molecule has 0 aliphatic rings. The smallest absolute Gasteiger partial charge is 0.126 e. The molecule has 0 fully saturated rings. The van der Waals surface area contributed by atoms with Crippen molar-refractivity contribution in [3.63, 3.8) is 0 Å². The molecule has 0 aromatic heterocycles. The molecule has 0 radical (unpaired) electrons. The van der Waals surface area contributed by atoms with E-state index in [1.807, 2.05) is 0 Å². The van der Waals surface area contributed by atoms with Crippen LogP contribution in [0.15, 0.2) is 36.4 Å². The molecule has 2 aromatic rings. The van der Waals surface area contributed by atoms with Crippen LogP contribution in [0.5, 0.6) is 11.5 Å². The van der Waals surface area contributed by atoms with Gasteiger partial charge in [-0.25, -0.2) is 8.78 Å². The van der Waals surface area contributed by atoms with Gasteiger partial charge in [-0.15, -0.1) is 0 Å². The predicted octanol–water partition coefficient (Wildman–Crippen LogP) is 3.22. The minimum absolute atomic E-state index is 0.311. The van der Waals surface area contributed by atoms with Crippen LogP contribution in [0, 0.1) is 11.6 Å². The number of hydrogen-bond acceptors (Lipinski definition) is 3. The van der Waals surface area contributed by atoms with Crippen LogP contribution < -0.4 is 15.2 Å². The van der Waals surface area contributed by atoms with Gasteiger partial charge >= 0.3 is 0 Å². The van der Waals surface area contributed by atoms with Gasteiger partial charge in [0.25, 0.3) is 0 Å². The summed E-state index contributed by atoms with van der Waals surface area (Å²) in [5.41, 5.74) is 7.39. The summed E-state index contributed by atoms with van der Waals surface area (Å²) in [6.07, 6.45) is 0.311. The molecule has 0 spiro atoms. The maximum atomic E-state index is 13.2. The molecule has 1 atom stereocenters. The van der Waals surface area contributed by atoms with Crippen LogP contribution in [0.4, 0.5) is 8.78 Å². The minimum atomic E-state index is -0.611. The average Bonchev–Trinajstić information content (AvgIpc) is 2.45. The molecule has 2 N–H and O–H groups in total. The Labute approximate surface area is 122 Å². The molecule has 0 saturated heterocycles. The summed E-state index contributed by atoms with van der Waals surface area (Å²) in [5, 5.41) is 0. The average molecular weight is 293 g/mol. The number of methoxy groups -OCH3 is 2. The summed E-state index contributed by atoms with van der Waals surface area (Å²) in [6, 6.07) is 8.27. The second kappa shape index (κ2) is 6.54. The molecule has 2 aromatic carbocycles. The van der Waals surface area contributed by atoms with E-state index in [0.29, 0.717) is 23.5 Å². The monoisotopic (exact) mass is 293 g/mol. The van der Waals surface area contributed by atoms with E-state index in [0.717, 1.165) is 11.6 Å². The zero-order valence-electron chi connectivity index (χ0n) is 11.9. The number of benzene rings is 2. The topological polar surface area (TPSA) is 44.5 Å². The fourth-order valence-corrected chi connectivity index (χ4v) is 2.14. The first kappa shape index (κ1) is 15.3. The van der Waals surface area contributed by atoms with Crippen molar-refractivity contribution in [2.45, 2.75) is 12.5 Å². The molecular weight excluding hydrogens is 276 g/mol. The lowest BCUT2D eigenvalue weighted by Crippen LogP contribution is -2.14. The summed E-state index contributed by atoms with van der Waals surface area (Å²) >= 11 is 0. The summed E-state index contributed by atoms with van der Waals surface area (Å²) in [4.78, 5) is 0. The first-order chi connectivity index (χ1) is 10.0. The van der Waals surface area contributed by atoms with Crippen LogP contribution in [-0.2, 0) is 6.42 Å². The van der Waals surface area contributed by atoms with Gasteiger partial charge in [0.1, 0.15) is 23.1 Å². The van der Waals surface area contributed by atoms with Crippen LogP contribution in [0.1, 0.15) is 17.2 Å². The minimum Gasteiger partial charge on any atom is -0.497 e. The number of ether oxygens (including phenoxy) is 2.